The topological polar surface area (TPSA) is 91.1 Å². The van der Waals surface area contributed by atoms with Gasteiger partial charge in [-0.1, -0.05) is 18.2 Å². The van der Waals surface area contributed by atoms with Crippen LogP contribution < -0.4 is 16.0 Å². The Hall–Kier alpha value is -3.13. The number of aromatic amines is 1. The quantitative estimate of drug-likeness (QED) is 0.690. The third-order valence-corrected chi connectivity index (χ3v) is 4.99. The van der Waals surface area contributed by atoms with E-state index in [1.807, 2.05) is 37.3 Å². The van der Waals surface area contributed by atoms with Gasteiger partial charge in [0.1, 0.15) is 23.2 Å². The maximum Gasteiger partial charge on any atom is 0.332 e. The summed E-state index contributed by atoms with van der Waals surface area (Å²) < 4.78 is 14.0. The Morgan fingerprint density at radius 1 is 1.24 bits per heavy atom. The summed E-state index contributed by atoms with van der Waals surface area (Å²) in [5.74, 6) is 1.31. The average Bonchev–Trinajstić information content (AvgIpc) is 3.38. The molecule has 1 aliphatic heterocycles. The van der Waals surface area contributed by atoms with Crippen molar-refractivity contribution >= 4 is 23.3 Å². The molecule has 1 aliphatic rings. The number of hydrogen-bond acceptors (Lipinski definition) is 5. The average molecular weight is 396 g/mol. The van der Waals surface area contributed by atoms with Crippen molar-refractivity contribution < 1.29 is 9.47 Å². The summed E-state index contributed by atoms with van der Waals surface area (Å²) in [6.45, 7) is 5.74. The molecule has 0 radical (unpaired) electrons. The number of benzene rings is 1. The van der Waals surface area contributed by atoms with E-state index < -0.39 is 0 Å². The molecular formula is C21H24N4O4. The van der Waals surface area contributed by atoms with Crippen molar-refractivity contribution in [2.24, 2.45) is 0 Å². The highest BCUT2D eigenvalue weighted by Crippen LogP contribution is 2.19. The second kappa shape index (κ2) is 8.08. The van der Waals surface area contributed by atoms with Crippen LogP contribution in [-0.2, 0) is 17.8 Å². The van der Waals surface area contributed by atoms with Crippen LogP contribution in [0, 0.1) is 0 Å². The van der Waals surface area contributed by atoms with E-state index in [1.54, 1.807) is 13.0 Å². The third kappa shape index (κ3) is 3.75. The second-order valence-corrected chi connectivity index (χ2v) is 6.91. The molecule has 1 N–H and O–H groups in total. The summed E-state index contributed by atoms with van der Waals surface area (Å²) >= 11 is 0. The van der Waals surface area contributed by atoms with Crippen LogP contribution in [0.15, 0.2) is 33.9 Å². The van der Waals surface area contributed by atoms with Crippen LogP contribution in [0.4, 0.5) is 0 Å². The lowest BCUT2D eigenvalue weighted by Crippen LogP contribution is -2.39. The van der Waals surface area contributed by atoms with Gasteiger partial charge in [0.2, 0.25) is 0 Å². The molecule has 0 amide bonds. The van der Waals surface area contributed by atoms with Gasteiger partial charge in [-0.2, -0.15) is 0 Å². The Labute approximate surface area is 167 Å². The highest BCUT2D eigenvalue weighted by atomic mass is 16.5. The summed E-state index contributed by atoms with van der Waals surface area (Å²) in [5.41, 5.74) is 0.978. The lowest BCUT2D eigenvalue weighted by Gasteiger charge is -2.11. The van der Waals surface area contributed by atoms with Crippen LogP contribution in [0.1, 0.15) is 31.7 Å². The largest absolute Gasteiger partial charge is 0.488 e. The van der Waals surface area contributed by atoms with Crippen LogP contribution in [0.2, 0.25) is 0 Å². The number of H-pyrrole nitrogens is 1. The zero-order valence-corrected chi connectivity index (χ0v) is 16.6. The molecule has 0 aliphatic carbocycles. The molecule has 0 spiro atoms. The van der Waals surface area contributed by atoms with E-state index in [1.165, 1.54) is 9.13 Å². The van der Waals surface area contributed by atoms with Crippen LogP contribution >= 0.6 is 0 Å². The number of nitrogens with zero attached hydrogens (tertiary/aromatic N) is 3. The zero-order valence-electron chi connectivity index (χ0n) is 16.6. The van der Waals surface area contributed by atoms with Gasteiger partial charge in [0.05, 0.1) is 13.2 Å². The molecule has 1 fully saturated rings. The number of aromatic nitrogens is 4. The predicted molar refractivity (Wildman–Crippen MR) is 111 cm³/mol. The van der Waals surface area contributed by atoms with Crippen molar-refractivity contribution in [1.82, 2.24) is 19.1 Å². The van der Waals surface area contributed by atoms with Crippen molar-refractivity contribution in [3.8, 4) is 5.75 Å². The molecule has 3 heterocycles. The Morgan fingerprint density at radius 2 is 2.07 bits per heavy atom. The van der Waals surface area contributed by atoms with Gasteiger partial charge in [0.15, 0.2) is 5.65 Å². The lowest BCUT2D eigenvalue weighted by molar-refractivity contribution is 0.141. The number of aryl methyl sites for hydroxylation is 1. The monoisotopic (exact) mass is 396 g/mol. The van der Waals surface area contributed by atoms with Crippen molar-refractivity contribution in [3.63, 3.8) is 0 Å². The van der Waals surface area contributed by atoms with E-state index in [2.05, 4.69) is 9.97 Å². The molecule has 1 atom stereocenters. The Balaban J connectivity index is 1.64. The van der Waals surface area contributed by atoms with E-state index in [4.69, 9.17) is 9.47 Å². The highest BCUT2D eigenvalue weighted by molar-refractivity contribution is 5.75. The predicted octanol–water partition coefficient (Wildman–Crippen LogP) is 2.26. The van der Waals surface area contributed by atoms with Gasteiger partial charge in [-0.15, -0.1) is 0 Å². The van der Waals surface area contributed by atoms with E-state index >= 15 is 0 Å². The maximum absolute atomic E-state index is 12.6. The molecule has 0 bridgehead atoms. The first-order valence-corrected chi connectivity index (χ1v) is 9.86. The fourth-order valence-electron chi connectivity index (χ4n) is 3.49. The number of imidazole rings is 1. The van der Waals surface area contributed by atoms with Crippen molar-refractivity contribution in [2.75, 3.05) is 13.2 Å². The Kier molecular flexibility index (Phi) is 5.35. The van der Waals surface area contributed by atoms with Gasteiger partial charge in [-0.25, -0.2) is 9.78 Å². The molecule has 2 aromatic heterocycles. The summed E-state index contributed by atoms with van der Waals surface area (Å²) in [5, 5.41) is 0. The molecule has 3 aromatic rings. The van der Waals surface area contributed by atoms with Gasteiger partial charge in [-0.3, -0.25) is 13.9 Å². The minimum absolute atomic E-state index is 0.0936. The normalized spacial score (nSPS) is 16.8. The van der Waals surface area contributed by atoms with Gasteiger partial charge >= 0.3 is 5.69 Å². The van der Waals surface area contributed by atoms with Crippen LogP contribution in [-0.4, -0.2) is 38.4 Å². The Morgan fingerprint density at radius 3 is 2.79 bits per heavy atom. The van der Waals surface area contributed by atoms with Crippen LogP contribution in [0.25, 0.3) is 23.3 Å². The fraction of sp³-hybridized carbons (Fsp3) is 0.381. The summed E-state index contributed by atoms with van der Waals surface area (Å²) in [4.78, 5) is 32.5. The van der Waals surface area contributed by atoms with Crippen LogP contribution in [0.3, 0.4) is 0 Å². The summed E-state index contributed by atoms with van der Waals surface area (Å²) in [6.07, 6.45) is 4.67. The Bertz CT molecular complexity index is 1170. The molecule has 0 saturated carbocycles. The first kappa shape index (κ1) is 19.2. The number of ether oxygens (including phenoxy) is 2. The second-order valence-electron chi connectivity index (χ2n) is 6.91. The van der Waals surface area contributed by atoms with Gasteiger partial charge < -0.3 is 14.5 Å². The first-order valence-electron chi connectivity index (χ1n) is 9.86. The molecule has 1 aromatic carbocycles. The standard InChI is InChI=1S/C21H24N4O4/c1-3-24-19-18(20(26)25(4-2)21(24)27)22-17(23-19)9-8-14-6-5-7-15(12-14)29-16-10-11-28-13-16/h5-9,12,16H,3-4,10-11,13H2,1-2H3,(H,22,23)/b9-8+/t16-/m0/s1. The number of rotatable bonds is 6. The molecule has 152 valence electrons. The fourth-order valence-corrected chi connectivity index (χ4v) is 3.49. The molecule has 8 heteroatoms. The lowest BCUT2D eigenvalue weighted by atomic mass is 10.2. The minimum atomic E-state index is -0.349. The van der Waals surface area contributed by atoms with Gasteiger partial charge in [0.25, 0.3) is 5.56 Å². The van der Waals surface area contributed by atoms with Crippen molar-refractivity contribution in [1.29, 1.82) is 0 Å². The van der Waals surface area contributed by atoms with E-state index in [0.717, 1.165) is 24.3 Å². The maximum atomic E-state index is 12.6. The number of hydrogen-bond donors (Lipinski definition) is 1. The van der Waals surface area contributed by atoms with Crippen molar-refractivity contribution in [3.05, 3.63) is 56.5 Å². The molecular weight excluding hydrogens is 372 g/mol. The first-order chi connectivity index (χ1) is 14.1. The molecule has 4 rings (SSSR count). The summed E-state index contributed by atoms with van der Waals surface area (Å²) in [6, 6.07) is 7.76. The molecule has 1 saturated heterocycles. The SMILES string of the molecule is CCn1c(=O)c2[nH]c(/C=C/c3cccc(O[C@H]4CCOC4)c3)nc2n(CC)c1=O. The highest BCUT2D eigenvalue weighted by Gasteiger charge is 2.17. The van der Waals surface area contributed by atoms with E-state index in [0.29, 0.717) is 36.7 Å². The van der Waals surface area contributed by atoms with Gasteiger partial charge in [0, 0.05) is 19.5 Å². The number of nitrogens with one attached hydrogen (secondary N) is 1. The molecule has 29 heavy (non-hydrogen) atoms. The molecule has 0 unspecified atom stereocenters. The molecule has 8 nitrogen and oxygen atoms in total. The third-order valence-electron chi connectivity index (χ3n) is 4.99. The van der Waals surface area contributed by atoms with Crippen molar-refractivity contribution in [2.45, 2.75) is 39.5 Å². The number of fused-ring (bicyclic) bond motifs is 1. The van der Waals surface area contributed by atoms with Crippen LogP contribution in [0.5, 0.6) is 5.75 Å². The zero-order chi connectivity index (χ0) is 20.4. The van der Waals surface area contributed by atoms with E-state index in [9.17, 15) is 9.59 Å². The minimum Gasteiger partial charge on any atom is -0.488 e. The van der Waals surface area contributed by atoms with Gasteiger partial charge in [-0.05, 0) is 37.6 Å². The summed E-state index contributed by atoms with van der Waals surface area (Å²) in [7, 11) is 0. The smallest absolute Gasteiger partial charge is 0.332 e. The van der Waals surface area contributed by atoms with E-state index in [-0.39, 0.29) is 17.4 Å².